The molecule has 392 valence electrons. The molecule has 2 saturated heterocycles. The maximum atomic E-state index is 14.9. The molecule has 7 amide bonds. The average molecular weight is 1040 g/mol. The minimum absolute atomic E-state index is 0.00588. The highest BCUT2D eigenvalue weighted by Crippen LogP contribution is 2.61. The summed E-state index contributed by atoms with van der Waals surface area (Å²) in [7, 11) is 2.74. The van der Waals surface area contributed by atoms with E-state index >= 15 is 0 Å². The van der Waals surface area contributed by atoms with Gasteiger partial charge >= 0.3 is 6.18 Å². The van der Waals surface area contributed by atoms with Crippen molar-refractivity contribution >= 4 is 64.3 Å². The number of amides is 7. The van der Waals surface area contributed by atoms with Crippen molar-refractivity contribution in [3.8, 4) is 11.1 Å². The SMILES string of the molecule is Cc1cc(-c2ccc(Cl)cc2C[C@H]2C(=O)NC(C)(C)C(=O)NCCCC[C@H](N(C)C(=O)[C@@H](NC(=O)[C@@H]3C[C@@H](F)CN3C(=O)C3(C(F)(F)F)CC(F)(F)C3)C3CC3)C(=O)N[C@@H](CC(C)C)C(=O)N2C)c(C)s1. The molecule has 6 rings (SSSR count). The summed E-state index contributed by atoms with van der Waals surface area (Å²) in [5.41, 5.74) is -2.63. The molecule has 1 aromatic heterocycles. The van der Waals surface area contributed by atoms with E-state index in [4.69, 9.17) is 11.6 Å². The van der Waals surface area contributed by atoms with E-state index in [2.05, 4.69) is 21.3 Å². The Bertz CT molecular complexity index is 2390. The third kappa shape index (κ3) is 12.3. The van der Waals surface area contributed by atoms with Crippen LogP contribution in [-0.4, -0.2) is 137 Å². The number of likely N-dealkylation sites (N-methyl/N-ethyl adjacent to an activating group) is 2. The van der Waals surface area contributed by atoms with Gasteiger partial charge in [0.1, 0.15) is 41.9 Å². The molecule has 0 bridgehead atoms. The predicted molar refractivity (Wildman–Crippen MR) is 254 cm³/mol. The number of thiophene rings is 1. The summed E-state index contributed by atoms with van der Waals surface area (Å²) in [5, 5.41) is 11.4. The molecule has 2 aliphatic carbocycles. The highest BCUT2D eigenvalue weighted by Gasteiger charge is 2.75. The highest BCUT2D eigenvalue weighted by atomic mass is 35.5. The van der Waals surface area contributed by atoms with Crippen LogP contribution in [-0.2, 0) is 40.0 Å². The van der Waals surface area contributed by atoms with E-state index in [-0.39, 0.29) is 38.1 Å². The fraction of sp³-hybridized carbons (Fsp3) is 0.653. The maximum absolute atomic E-state index is 14.9. The Morgan fingerprint density at radius 3 is 2.23 bits per heavy atom. The molecule has 2 saturated carbocycles. The van der Waals surface area contributed by atoms with Crippen LogP contribution in [0, 0.1) is 31.1 Å². The molecule has 3 heterocycles. The number of halogens is 7. The van der Waals surface area contributed by atoms with Crippen molar-refractivity contribution in [1.82, 2.24) is 36.0 Å². The van der Waals surface area contributed by atoms with Crippen LogP contribution in [0.15, 0.2) is 24.3 Å². The normalized spacial score (nSPS) is 25.7. The number of aryl methyl sites for hydroxylation is 2. The predicted octanol–water partition coefficient (Wildman–Crippen LogP) is 6.42. The molecule has 14 nitrogen and oxygen atoms in total. The summed E-state index contributed by atoms with van der Waals surface area (Å²) in [6.45, 7) is 9.83. The topological polar surface area (TPSA) is 177 Å². The number of benzene rings is 1. The van der Waals surface area contributed by atoms with E-state index in [9.17, 15) is 59.9 Å². The Morgan fingerprint density at radius 2 is 1.65 bits per heavy atom. The zero-order chi connectivity index (χ0) is 52.7. The molecule has 71 heavy (non-hydrogen) atoms. The zero-order valence-corrected chi connectivity index (χ0v) is 42.7. The number of carbonyl (C=O) groups is 7. The van der Waals surface area contributed by atoms with Crippen molar-refractivity contribution < 1.29 is 59.9 Å². The van der Waals surface area contributed by atoms with Crippen LogP contribution in [0.25, 0.3) is 11.1 Å². The number of alkyl halides is 6. The summed E-state index contributed by atoms with van der Waals surface area (Å²) in [5.74, 6) is -10.9. The van der Waals surface area contributed by atoms with E-state index in [1.54, 1.807) is 23.5 Å². The Labute approximate surface area is 418 Å². The van der Waals surface area contributed by atoms with Crippen LogP contribution >= 0.6 is 22.9 Å². The van der Waals surface area contributed by atoms with Crippen molar-refractivity contribution in [2.24, 2.45) is 17.3 Å². The number of hydrogen-bond acceptors (Lipinski definition) is 8. The first-order chi connectivity index (χ1) is 33.0. The first-order valence-electron chi connectivity index (χ1n) is 24.0. The minimum Gasteiger partial charge on any atom is -0.354 e. The molecule has 0 unspecified atom stereocenters. The first kappa shape index (κ1) is 55.4. The fourth-order valence-corrected chi connectivity index (χ4v) is 11.1. The quantitative estimate of drug-likeness (QED) is 0.188. The van der Waals surface area contributed by atoms with Gasteiger partial charge < -0.3 is 36.0 Å². The third-order valence-electron chi connectivity index (χ3n) is 14.1. The van der Waals surface area contributed by atoms with Gasteiger partial charge in [-0.15, -0.1) is 11.3 Å². The fourth-order valence-electron chi connectivity index (χ4n) is 9.97. The molecule has 4 fully saturated rings. The van der Waals surface area contributed by atoms with Crippen molar-refractivity contribution in [2.75, 3.05) is 27.2 Å². The van der Waals surface area contributed by atoms with Gasteiger partial charge in [0.15, 0.2) is 5.41 Å². The molecule has 0 radical (unpaired) electrons. The van der Waals surface area contributed by atoms with Gasteiger partial charge in [0.2, 0.25) is 41.4 Å². The monoisotopic (exact) mass is 1040 g/mol. The van der Waals surface area contributed by atoms with Gasteiger partial charge in [-0.25, -0.2) is 13.2 Å². The molecule has 2 aliphatic heterocycles. The second-order valence-corrected chi connectivity index (χ2v) is 22.6. The zero-order valence-electron chi connectivity index (χ0n) is 41.2. The van der Waals surface area contributed by atoms with Crippen LogP contribution in [0.1, 0.15) is 101 Å². The smallest absolute Gasteiger partial charge is 0.354 e. The van der Waals surface area contributed by atoms with E-state index < -0.39 is 133 Å². The van der Waals surface area contributed by atoms with Gasteiger partial charge in [-0.2, -0.15) is 13.2 Å². The molecular weight excluding hydrogens is 980 g/mol. The lowest BCUT2D eigenvalue weighted by molar-refractivity contribution is -0.299. The van der Waals surface area contributed by atoms with Crippen LogP contribution in [0.3, 0.4) is 0 Å². The summed E-state index contributed by atoms with van der Waals surface area (Å²) in [4.78, 5) is 104. The maximum Gasteiger partial charge on any atom is 0.403 e. The van der Waals surface area contributed by atoms with Crippen molar-refractivity contribution in [3.63, 3.8) is 0 Å². The van der Waals surface area contributed by atoms with Crippen molar-refractivity contribution in [2.45, 2.75) is 160 Å². The van der Waals surface area contributed by atoms with Crippen LogP contribution in [0.5, 0.6) is 0 Å². The van der Waals surface area contributed by atoms with E-state index in [1.807, 2.05) is 39.8 Å². The summed E-state index contributed by atoms with van der Waals surface area (Å²) in [6.07, 6.45) is -10.4. The number of likely N-dealkylation sites (tertiary alicyclic amines) is 1. The summed E-state index contributed by atoms with van der Waals surface area (Å²) < 4.78 is 85.5. The number of hydrogen-bond donors (Lipinski definition) is 4. The second kappa shape index (κ2) is 21.3. The van der Waals surface area contributed by atoms with Gasteiger partial charge in [0, 0.05) is 61.1 Å². The third-order valence-corrected chi connectivity index (χ3v) is 15.3. The lowest BCUT2D eigenvalue weighted by Crippen LogP contribution is -2.65. The Morgan fingerprint density at radius 1 is 0.986 bits per heavy atom. The number of nitrogens with one attached hydrogen (secondary N) is 4. The second-order valence-electron chi connectivity index (χ2n) is 20.7. The van der Waals surface area contributed by atoms with E-state index in [1.165, 1.54) is 32.8 Å². The minimum atomic E-state index is -5.42. The van der Waals surface area contributed by atoms with Crippen molar-refractivity contribution in [1.29, 1.82) is 0 Å². The average Bonchev–Trinajstić information content (AvgIpc) is 3.94. The van der Waals surface area contributed by atoms with Crippen LogP contribution < -0.4 is 21.3 Å². The number of carbonyl (C=O) groups excluding carboxylic acids is 7. The molecule has 6 atom stereocenters. The molecule has 4 aliphatic rings. The Hall–Kier alpha value is -4.92. The first-order valence-corrected chi connectivity index (χ1v) is 25.2. The van der Waals surface area contributed by atoms with Gasteiger partial charge in [-0.05, 0) is 113 Å². The number of nitrogens with zero attached hydrogens (tertiary/aromatic N) is 3. The molecule has 0 spiro atoms. The molecule has 2 aromatic rings. The van der Waals surface area contributed by atoms with Gasteiger partial charge in [-0.1, -0.05) is 31.5 Å². The van der Waals surface area contributed by atoms with Crippen LogP contribution in [0.2, 0.25) is 5.02 Å². The standard InChI is InChI=1S/C49H64ClF6N7O7S/c1-25(2)17-34-42(67)62(8)36(20-29-19-30(50)14-15-32(29)33-18-26(3)71-27(33)4)41(66)60-46(5,6)44(69)57-16-10-9-11-35(39(64)58-34)61(7)43(68)38(28-12-13-28)59-40(65)37-21-31(51)22-63(37)45(70)47(49(54,55)56)23-48(52,53)24-47/h14-15,18-19,25,28,31,34-38H,9-13,16-17,20-24H2,1-8H3,(H,57,69)(H,58,64)(H,59,65)(H,60,66)/t31-,34+,35+,36+,37+,38+/m1/s1. The van der Waals surface area contributed by atoms with Crippen molar-refractivity contribution in [3.05, 3.63) is 44.6 Å². The van der Waals surface area contributed by atoms with Gasteiger partial charge in [-0.3, -0.25) is 33.6 Å². The van der Waals surface area contributed by atoms with Gasteiger partial charge in [0.05, 0.1) is 6.54 Å². The summed E-state index contributed by atoms with van der Waals surface area (Å²) >= 11 is 8.14. The highest BCUT2D eigenvalue weighted by molar-refractivity contribution is 7.12. The molecule has 22 heteroatoms. The lowest BCUT2D eigenvalue weighted by atomic mass is 9.64. The molecular formula is C49H64ClF6N7O7S. The largest absolute Gasteiger partial charge is 0.403 e. The van der Waals surface area contributed by atoms with Gasteiger partial charge in [0.25, 0.3) is 5.92 Å². The molecule has 4 N–H and O–H groups in total. The Balaban J connectivity index is 1.28. The lowest BCUT2D eigenvalue weighted by Gasteiger charge is -2.48. The van der Waals surface area contributed by atoms with Crippen LogP contribution in [0.4, 0.5) is 26.3 Å². The van der Waals surface area contributed by atoms with E-state index in [0.717, 1.165) is 25.8 Å². The van der Waals surface area contributed by atoms with E-state index in [0.29, 0.717) is 34.7 Å². The Kier molecular flexibility index (Phi) is 16.6. The number of rotatable bonds is 11. The summed E-state index contributed by atoms with van der Waals surface area (Å²) in [6, 6.07) is 0.281. The molecule has 1 aromatic carbocycles.